The van der Waals surface area contributed by atoms with Crippen molar-refractivity contribution in [2.24, 2.45) is 5.73 Å². The van der Waals surface area contributed by atoms with Gasteiger partial charge in [0.15, 0.2) is 0 Å². The molecule has 0 radical (unpaired) electrons. The van der Waals surface area contributed by atoms with E-state index in [1.807, 2.05) is 18.2 Å². The van der Waals surface area contributed by atoms with Gasteiger partial charge in [-0.1, -0.05) is 30.3 Å². The second-order valence-electron chi connectivity index (χ2n) is 5.06. The van der Waals surface area contributed by atoms with E-state index in [1.54, 1.807) is 11.9 Å². The number of nitrogens with two attached hydrogens (primary N) is 1. The van der Waals surface area contributed by atoms with Crippen LogP contribution >= 0.6 is 0 Å². The molecule has 5 nitrogen and oxygen atoms in total. The first-order chi connectivity index (χ1) is 10.2. The normalized spacial score (nSPS) is 10.4. The SMILES string of the molecule is CN(CCC#N)C(=O)CN(CCCN)Cc1ccccc1. The van der Waals surface area contributed by atoms with Gasteiger partial charge in [-0.2, -0.15) is 5.26 Å². The maximum Gasteiger partial charge on any atom is 0.236 e. The first-order valence-electron chi connectivity index (χ1n) is 7.24. The minimum absolute atomic E-state index is 0.0400. The Hall–Kier alpha value is -1.90. The van der Waals surface area contributed by atoms with Gasteiger partial charge in [-0.25, -0.2) is 0 Å². The number of likely N-dealkylation sites (N-methyl/N-ethyl adjacent to an activating group) is 1. The fourth-order valence-corrected chi connectivity index (χ4v) is 2.02. The van der Waals surface area contributed by atoms with Crippen LogP contribution in [-0.4, -0.2) is 48.9 Å². The summed E-state index contributed by atoms with van der Waals surface area (Å²) in [4.78, 5) is 15.9. The number of amides is 1. The third-order valence-corrected chi connectivity index (χ3v) is 3.27. The van der Waals surface area contributed by atoms with E-state index >= 15 is 0 Å². The van der Waals surface area contributed by atoms with Gasteiger partial charge in [-0.15, -0.1) is 0 Å². The fraction of sp³-hybridized carbons (Fsp3) is 0.500. The van der Waals surface area contributed by atoms with E-state index < -0.39 is 0 Å². The van der Waals surface area contributed by atoms with Crippen molar-refractivity contribution < 1.29 is 4.79 Å². The molecule has 0 saturated heterocycles. The molecule has 1 aromatic carbocycles. The molecule has 0 bridgehead atoms. The lowest BCUT2D eigenvalue weighted by Crippen LogP contribution is -2.39. The minimum atomic E-state index is 0.0400. The highest BCUT2D eigenvalue weighted by molar-refractivity contribution is 5.78. The molecule has 0 spiro atoms. The number of carbonyl (C=O) groups is 1. The number of nitriles is 1. The standard InChI is InChI=1S/C16H24N4O/c1-19(11-5-9-17)16(21)14-20(12-6-10-18)13-15-7-3-2-4-8-15/h2-4,7-8H,5-6,10-14,18H2,1H3. The van der Waals surface area contributed by atoms with Crippen molar-refractivity contribution in [3.8, 4) is 6.07 Å². The summed E-state index contributed by atoms with van der Waals surface area (Å²) in [6.07, 6.45) is 1.23. The van der Waals surface area contributed by atoms with Gasteiger partial charge in [0.25, 0.3) is 0 Å². The van der Waals surface area contributed by atoms with Crippen LogP contribution in [0.5, 0.6) is 0 Å². The predicted molar refractivity (Wildman–Crippen MR) is 83.3 cm³/mol. The van der Waals surface area contributed by atoms with Crippen molar-refractivity contribution in [3.63, 3.8) is 0 Å². The second-order valence-corrected chi connectivity index (χ2v) is 5.06. The van der Waals surface area contributed by atoms with E-state index in [0.29, 0.717) is 26.1 Å². The number of rotatable bonds is 9. The quantitative estimate of drug-likeness (QED) is 0.741. The highest BCUT2D eigenvalue weighted by Crippen LogP contribution is 2.05. The number of carbonyl (C=O) groups excluding carboxylic acids is 1. The molecular weight excluding hydrogens is 264 g/mol. The van der Waals surface area contributed by atoms with Gasteiger partial charge in [0.2, 0.25) is 5.91 Å². The fourth-order valence-electron chi connectivity index (χ4n) is 2.02. The summed E-state index contributed by atoms with van der Waals surface area (Å²) >= 11 is 0. The predicted octanol–water partition coefficient (Wildman–Crippen LogP) is 1.21. The summed E-state index contributed by atoms with van der Waals surface area (Å²) in [5.41, 5.74) is 6.75. The van der Waals surface area contributed by atoms with Crippen LogP contribution < -0.4 is 5.73 Å². The van der Waals surface area contributed by atoms with Gasteiger partial charge in [0, 0.05) is 26.7 Å². The molecule has 0 atom stereocenters. The Labute approximate surface area is 126 Å². The lowest BCUT2D eigenvalue weighted by Gasteiger charge is -2.24. The van der Waals surface area contributed by atoms with Crippen molar-refractivity contribution in [1.29, 1.82) is 5.26 Å². The van der Waals surface area contributed by atoms with Crippen molar-refractivity contribution >= 4 is 5.91 Å². The molecule has 1 rings (SSSR count). The Balaban J connectivity index is 2.57. The molecule has 0 saturated carbocycles. The molecule has 1 aromatic rings. The van der Waals surface area contributed by atoms with Crippen molar-refractivity contribution in [3.05, 3.63) is 35.9 Å². The van der Waals surface area contributed by atoms with E-state index in [0.717, 1.165) is 19.5 Å². The van der Waals surface area contributed by atoms with E-state index in [-0.39, 0.29) is 5.91 Å². The number of nitrogens with zero attached hydrogens (tertiary/aromatic N) is 3. The number of benzene rings is 1. The molecule has 2 N–H and O–H groups in total. The third kappa shape index (κ3) is 6.89. The Morgan fingerprint density at radius 2 is 2.00 bits per heavy atom. The lowest BCUT2D eigenvalue weighted by molar-refractivity contribution is -0.131. The van der Waals surface area contributed by atoms with Crippen LogP contribution in [-0.2, 0) is 11.3 Å². The first-order valence-corrected chi connectivity index (χ1v) is 7.24. The summed E-state index contributed by atoms with van der Waals surface area (Å²) in [5.74, 6) is 0.0400. The van der Waals surface area contributed by atoms with Crippen LogP contribution in [0.4, 0.5) is 0 Å². The molecule has 21 heavy (non-hydrogen) atoms. The number of hydrogen-bond donors (Lipinski definition) is 1. The van der Waals surface area contributed by atoms with Gasteiger partial charge in [0.1, 0.15) is 0 Å². The Morgan fingerprint density at radius 3 is 2.62 bits per heavy atom. The van der Waals surface area contributed by atoms with Crippen LogP contribution in [0.15, 0.2) is 30.3 Å². The third-order valence-electron chi connectivity index (χ3n) is 3.27. The maximum absolute atomic E-state index is 12.2. The molecule has 5 heteroatoms. The zero-order valence-electron chi connectivity index (χ0n) is 12.7. The van der Waals surface area contributed by atoms with Crippen molar-refractivity contribution in [2.75, 3.05) is 33.2 Å². The number of hydrogen-bond acceptors (Lipinski definition) is 4. The Bertz CT molecular complexity index is 455. The molecule has 0 aliphatic carbocycles. The van der Waals surface area contributed by atoms with Crippen molar-refractivity contribution in [1.82, 2.24) is 9.80 Å². The topological polar surface area (TPSA) is 73.4 Å². The molecular formula is C16H24N4O. The molecule has 0 heterocycles. The lowest BCUT2D eigenvalue weighted by atomic mass is 10.2. The van der Waals surface area contributed by atoms with E-state index in [4.69, 9.17) is 11.0 Å². The van der Waals surface area contributed by atoms with Gasteiger partial charge in [0.05, 0.1) is 19.0 Å². The molecule has 0 aromatic heterocycles. The highest BCUT2D eigenvalue weighted by Gasteiger charge is 2.14. The summed E-state index contributed by atoms with van der Waals surface area (Å²) in [7, 11) is 1.74. The molecule has 1 amide bonds. The van der Waals surface area contributed by atoms with E-state index in [1.165, 1.54) is 5.56 Å². The monoisotopic (exact) mass is 288 g/mol. The van der Waals surface area contributed by atoms with Gasteiger partial charge < -0.3 is 10.6 Å². The molecule has 0 fully saturated rings. The van der Waals surface area contributed by atoms with Crippen LogP contribution in [0.3, 0.4) is 0 Å². The average molecular weight is 288 g/mol. The molecule has 0 aliphatic heterocycles. The summed E-state index contributed by atoms with van der Waals surface area (Å²) in [5, 5.41) is 8.58. The highest BCUT2D eigenvalue weighted by atomic mass is 16.2. The largest absolute Gasteiger partial charge is 0.344 e. The zero-order chi connectivity index (χ0) is 15.5. The van der Waals surface area contributed by atoms with Crippen LogP contribution in [0.1, 0.15) is 18.4 Å². The van der Waals surface area contributed by atoms with Gasteiger partial charge in [-0.05, 0) is 18.5 Å². The van der Waals surface area contributed by atoms with Crippen molar-refractivity contribution in [2.45, 2.75) is 19.4 Å². The molecule has 0 unspecified atom stereocenters. The average Bonchev–Trinajstić information content (AvgIpc) is 2.51. The smallest absolute Gasteiger partial charge is 0.236 e. The molecule has 114 valence electrons. The summed E-state index contributed by atoms with van der Waals surface area (Å²) in [6, 6.07) is 12.1. The zero-order valence-corrected chi connectivity index (χ0v) is 12.7. The second kappa shape index (κ2) is 9.92. The minimum Gasteiger partial charge on any atom is -0.344 e. The van der Waals surface area contributed by atoms with Gasteiger partial charge in [-0.3, -0.25) is 9.69 Å². The summed E-state index contributed by atoms with van der Waals surface area (Å²) in [6.45, 7) is 2.98. The van der Waals surface area contributed by atoms with Crippen LogP contribution in [0, 0.1) is 11.3 Å². The maximum atomic E-state index is 12.2. The van der Waals surface area contributed by atoms with Crippen LogP contribution in [0.2, 0.25) is 0 Å². The molecule has 0 aliphatic rings. The Morgan fingerprint density at radius 1 is 1.29 bits per heavy atom. The van der Waals surface area contributed by atoms with E-state index in [9.17, 15) is 4.79 Å². The summed E-state index contributed by atoms with van der Waals surface area (Å²) < 4.78 is 0. The van der Waals surface area contributed by atoms with E-state index in [2.05, 4.69) is 23.1 Å². The first kappa shape index (κ1) is 17.2. The van der Waals surface area contributed by atoms with Crippen LogP contribution in [0.25, 0.3) is 0 Å². The van der Waals surface area contributed by atoms with Gasteiger partial charge >= 0.3 is 0 Å². The Kier molecular flexibility index (Phi) is 8.10.